The molecule has 2 heteroatoms. The molecular weight excluding hydrogens is 296 g/mol. The van der Waals surface area contributed by atoms with Crippen molar-refractivity contribution in [1.29, 1.82) is 0 Å². The zero-order valence-corrected chi connectivity index (χ0v) is 16.1. The van der Waals surface area contributed by atoms with Crippen molar-refractivity contribution >= 4 is 5.78 Å². The van der Waals surface area contributed by atoms with Gasteiger partial charge < -0.3 is 5.11 Å². The lowest BCUT2D eigenvalue weighted by atomic mass is 9.44. The van der Waals surface area contributed by atoms with E-state index in [4.69, 9.17) is 0 Å². The number of aliphatic hydroxyl groups is 1. The summed E-state index contributed by atoms with van der Waals surface area (Å²) in [7, 11) is 0. The fourth-order valence-electron chi connectivity index (χ4n) is 8.04. The van der Waals surface area contributed by atoms with Gasteiger partial charge in [0.2, 0.25) is 0 Å². The second kappa shape index (κ2) is 5.56. The van der Waals surface area contributed by atoms with Crippen LogP contribution in [0.25, 0.3) is 0 Å². The second-order valence-electron chi connectivity index (χ2n) is 10.5. The second-order valence-corrected chi connectivity index (χ2v) is 10.5. The highest BCUT2D eigenvalue weighted by molar-refractivity contribution is 5.83. The number of ketones is 1. The Bertz CT molecular complexity index is 526. The number of rotatable bonds is 1. The Morgan fingerprint density at radius 2 is 1.67 bits per heavy atom. The van der Waals surface area contributed by atoms with Crippen LogP contribution in [-0.2, 0) is 4.79 Å². The predicted octanol–water partition coefficient (Wildman–Crippen LogP) is 4.84. The van der Waals surface area contributed by atoms with E-state index in [1.165, 1.54) is 25.7 Å². The monoisotopic (exact) mass is 332 g/mol. The standard InChI is InChI=1S/C22H36O2/c1-13(2)16-5-6-17-20-18(8-10-22(16,17)4)21(3)9-7-15(23)11-14(21)12-19(20)24/h13-18,20,23H,5-12H2,1-4H3/t14-,15+,16+,17?,18?,20-,21-,22+/m0/s1. The molecule has 2 nitrogen and oxygen atoms in total. The van der Waals surface area contributed by atoms with Crippen molar-refractivity contribution in [2.24, 2.45) is 46.3 Å². The van der Waals surface area contributed by atoms with Crippen molar-refractivity contribution < 1.29 is 9.90 Å². The molecule has 0 amide bonds. The number of hydrogen-bond donors (Lipinski definition) is 1. The summed E-state index contributed by atoms with van der Waals surface area (Å²) in [5, 5.41) is 10.1. The maximum atomic E-state index is 13.2. The molecule has 0 spiro atoms. The van der Waals surface area contributed by atoms with Gasteiger partial charge in [0.15, 0.2) is 0 Å². The number of carbonyl (C=O) groups excluding carboxylic acids is 1. The summed E-state index contributed by atoms with van der Waals surface area (Å²) in [6.07, 6.45) is 8.68. The molecule has 0 saturated heterocycles. The minimum Gasteiger partial charge on any atom is -0.393 e. The van der Waals surface area contributed by atoms with Crippen LogP contribution in [0.3, 0.4) is 0 Å². The molecule has 8 atom stereocenters. The van der Waals surface area contributed by atoms with Crippen LogP contribution in [-0.4, -0.2) is 17.0 Å². The summed E-state index contributed by atoms with van der Waals surface area (Å²) in [6, 6.07) is 0. The Hall–Kier alpha value is -0.370. The zero-order chi connectivity index (χ0) is 17.3. The number of Topliss-reactive ketones (excluding diaryl/α,β-unsaturated/α-hetero) is 1. The van der Waals surface area contributed by atoms with E-state index >= 15 is 0 Å². The lowest BCUT2D eigenvalue weighted by molar-refractivity contribution is -0.160. The molecule has 0 aliphatic heterocycles. The molecule has 4 saturated carbocycles. The highest BCUT2D eigenvalue weighted by Gasteiger charge is 2.62. The number of fused-ring (bicyclic) bond motifs is 5. The predicted molar refractivity (Wildman–Crippen MR) is 96.5 cm³/mol. The summed E-state index contributed by atoms with van der Waals surface area (Å²) in [5.41, 5.74) is 0.692. The highest BCUT2D eigenvalue weighted by atomic mass is 16.3. The summed E-state index contributed by atoms with van der Waals surface area (Å²) in [5.74, 6) is 4.06. The van der Waals surface area contributed by atoms with Crippen molar-refractivity contribution in [2.75, 3.05) is 0 Å². The van der Waals surface area contributed by atoms with E-state index in [0.717, 1.165) is 37.5 Å². The van der Waals surface area contributed by atoms with Crippen LogP contribution in [0.4, 0.5) is 0 Å². The van der Waals surface area contributed by atoms with Crippen LogP contribution in [0.5, 0.6) is 0 Å². The van der Waals surface area contributed by atoms with Gasteiger partial charge in [-0.25, -0.2) is 0 Å². The Kier molecular flexibility index (Phi) is 3.95. The zero-order valence-electron chi connectivity index (χ0n) is 16.1. The number of aliphatic hydroxyl groups excluding tert-OH is 1. The lowest BCUT2D eigenvalue weighted by Gasteiger charge is -2.60. The van der Waals surface area contributed by atoms with E-state index in [1.54, 1.807) is 0 Å². The Morgan fingerprint density at radius 3 is 2.38 bits per heavy atom. The molecule has 0 aromatic rings. The van der Waals surface area contributed by atoms with Crippen LogP contribution >= 0.6 is 0 Å². The number of hydrogen-bond acceptors (Lipinski definition) is 2. The van der Waals surface area contributed by atoms with E-state index in [2.05, 4.69) is 27.7 Å². The first-order valence-corrected chi connectivity index (χ1v) is 10.5. The SMILES string of the molecule is CC(C)[C@H]1CCC2[C@@H]3C(=O)C[C@@H]4C[C@H](O)CC[C@]4(C)C3CC[C@@]21C. The van der Waals surface area contributed by atoms with E-state index in [0.29, 0.717) is 40.3 Å². The smallest absolute Gasteiger partial charge is 0.136 e. The van der Waals surface area contributed by atoms with Crippen molar-refractivity contribution in [3.05, 3.63) is 0 Å². The Morgan fingerprint density at radius 1 is 1.00 bits per heavy atom. The molecule has 1 N–H and O–H groups in total. The summed E-state index contributed by atoms with van der Waals surface area (Å²) in [6.45, 7) is 9.74. The largest absolute Gasteiger partial charge is 0.393 e. The van der Waals surface area contributed by atoms with Gasteiger partial charge in [-0.1, -0.05) is 27.7 Å². The Balaban J connectivity index is 1.66. The highest BCUT2D eigenvalue weighted by Crippen LogP contribution is 2.67. The van der Waals surface area contributed by atoms with Crippen molar-refractivity contribution in [2.45, 2.75) is 85.2 Å². The summed E-state index contributed by atoms with van der Waals surface area (Å²) >= 11 is 0. The molecule has 4 rings (SSSR count). The first kappa shape index (κ1) is 17.1. The van der Waals surface area contributed by atoms with Crippen LogP contribution in [0.2, 0.25) is 0 Å². The van der Waals surface area contributed by atoms with Gasteiger partial charge >= 0.3 is 0 Å². The lowest BCUT2D eigenvalue weighted by Crippen LogP contribution is -2.57. The van der Waals surface area contributed by atoms with Crippen LogP contribution in [0.15, 0.2) is 0 Å². The molecule has 24 heavy (non-hydrogen) atoms. The molecule has 0 radical (unpaired) electrons. The van der Waals surface area contributed by atoms with Crippen molar-refractivity contribution in [1.82, 2.24) is 0 Å². The van der Waals surface area contributed by atoms with Gasteiger partial charge in [-0.15, -0.1) is 0 Å². The fourth-order valence-corrected chi connectivity index (χ4v) is 8.04. The maximum Gasteiger partial charge on any atom is 0.136 e. The van der Waals surface area contributed by atoms with Gasteiger partial charge in [-0.2, -0.15) is 0 Å². The third-order valence-corrected chi connectivity index (χ3v) is 9.32. The molecule has 136 valence electrons. The molecule has 4 fully saturated rings. The third kappa shape index (κ3) is 2.20. The molecule has 0 aromatic heterocycles. The molecule has 2 unspecified atom stereocenters. The summed E-state index contributed by atoms with van der Waals surface area (Å²) < 4.78 is 0. The topological polar surface area (TPSA) is 37.3 Å². The number of carbonyl (C=O) groups is 1. The maximum absolute atomic E-state index is 13.2. The van der Waals surface area contributed by atoms with Gasteiger partial charge in [0.25, 0.3) is 0 Å². The van der Waals surface area contributed by atoms with Gasteiger partial charge in [-0.3, -0.25) is 4.79 Å². The normalized spacial score (nSPS) is 54.3. The third-order valence-electron chi connectivity index (χ3n) is 9.32. The average Bonchev–Trinajstić information content (AvgIpc) is 2.86. The van der Waals surface area contributed by atoms with Crippen LogP contribution < -0.4 is 0 Å². The Labute approximate surface area is 147 Å². The van der Waals surface area contributed by atoms with E-state index < -0.39 is 0 Å². The minimum atomic E-state index is -0.168. The summed E-state index contributed by atoms with van der Waals surface area (Å²) in [4.78, 5) is 13.2. The quantitative estimate of drug-likeness (QED) is 0.746. The fraction of sp³-hybridized carbons (Fsp3) is 0.955. The molecule has 0 heterocycles. The van der Waals surface area contributed by atoms with Gasteiger partial charge in [0.1, 0.15) is 5.78 Å². The molecule has 0 aromatic carbocycles. The molecule has 4 aliphatic carbocycles. The van der Waals surface area contributed by atoms with Gasteiger partial charge in [-0.05, 0) is 85.4 Å². The van der Waals surface area contributed by atoms with E-state index in [-0.39, 0.29) is 6.10 Å². The van der Waals surface area contributed by atoms with Gasteiger partial charge in [0, 0.05) is 12.3 Å². The first-order valence-electron chi connectivity index (χ1n) is 10.5. The van der Waals surface area contributed by atoms with Crippen LogP contribution in [0, 0.1) is 46.3 Å². The van der Waals surface area contributed by atoms with E-state index in [9.17, 15) is 9.90 Å². The van der Waals surface area contributed by atoms with Crippen molar-refractivity contribution in [3.8, 4) is 0 Å². The first-order chi connectivity index (χ1) is 11.3. The van der Waals surface area contributed by atoms with Gasteiger partial charge in [0.05, 0.1) is 6.10 Å². The molecule has 4 aliphatic rings. The molecule has 0 bridgehead atoms. The van der Waals surface area contributed by atoms with E-state index in [1.807, 2.05) is 0 Å². The average molecular weight is 333 g/mol. The minimum absolute atomic E-state index is 0.168. The van der Waals surface area contributed by atoms with Crippen LogP contribution in [0.1, 0.15) is 79.1 Å². The molecular formula is C22H36O2. The van der Waals surface area contributed by atoms with Crippen molar-refractivity contribution in [3.63, 3.8) is 0 Å².